The van der Waals surface area contributed by atoms with Gasteiger partial charge in [-0.2, -0.15) is 0 Å². The third-order valence-electron chi connectivity index (χ3n) is 2.34. The topological polar surface area (TPSA) is 42.7 Å². The van der Waals surface area contributed by atoms with Gasteiger partial charge in [0.2, 0.25) is 0 Å². The van der Waals surface area contributed by atoms with Crippen molar-refractivity contribution in [3.05, 3.63) is 35.3 Å². The van der Waals surface area contributed by atoms with E-state index in [1.807, 2.05) is 14.0 Å². The lowest BCUT2D eigenvalue weighted by Crippen LogP contribution is -2.19. The molecule has 0 spiro atoms. The number of carbonyl (C=O) groups is 1. The first kappa shape index (κ1) is 13.5. The molecule has 0 aliphatic rings. The maximum Gasteiger partial charge on any atom is 0.341 e. The van der Waals surface area contributed by atoms with E-state index in [1.54, 1.807) is 13.0 Å². The summed E-state index contributed by atoms with van der Waals surface area (Å²) in [5, 5.41) is 0. The fourth-order valence-corrected chi connectivity index (χ4v) is 1.72. The average Bonchev–Trinajstić information content (AvgIpc) is 2.56. The first-order valence-corrected chi connectivity index (χ1v) is 5.44. The smallest absolute Gasteiger partial charge is 0.341 e. The molecule has 4 nitrogen and oxygen atoms in total. The lowest BCUT2D eigenvalue weighted by atomic mass is 10.2. The molecule has 0 aromatic carbocycles. The quantitative estimate of drug-likeness (QED) is 0.582. The minimum Gasteiger partial charge on any atom is -0.465 e. The number of rotatable bonds is 5. The van der Waals surface area contributed by atoms with E-state index in [0.717, 1.165) is 17.9 Å². The molecular formula is C13H19NO3. The summed E-state index contributed by atoms with van der Waals surface area (Å²) in [5.74, 6) is 0.988. The number of hydrogen-bond acceptors (Lipinski definition) is 4. The lowest BCUT2D eigenvalue weighted by molar-refractivity contribution is 0.0599. The minimum absolute atomic E-state index is 0.361. The van der Waals surface area contributed by atoms with E-state index in [0.29, 0.717) is 17.9 Å². The van der Waals surface area contributed by atoms with Crippen molar-refractivity contribution in [1.29, 1.82) is 0 Å². The van der Waals surface area contributed by atoms with Crippen molar-refractivity contribution in [2.24, 2.45) is 0 Å². The van der Waals surface area contributed by atoms with E-state index in [4.69, 9.17) is 4.42 Å². The fraction of sp³-hybridized carbons (Fsp3) is 0.462. The van der Waals surface area contributed by atoms with Crippen LogP contribution in [-0.4, -0.2) is 31.6 Å². The van der Waals surface area contributed by atoms with E-state index in [-0.39, 0.29) is 5.97 Å². The Hall–Kier alpha value is -1.55. The summed E-state index contributed by atoms with van der Waals surface area (Å²) >= 11 is 0. The second kappa shape index (κ2) is 5.68. The van der Waals surface area contributed by atoms with Crippen LogP contribution in [0.2, 0.25) is 0 Å². The van der Waals surface area contributed by atoms with Crippen molar-refractivity contribution in [1.82, 2.24) is 4.90 Å². The van der Waals surface area contributed by atoms with Gasteiger partial charge in [0.1, 0.15) is 17.1 Å². The van der Waals surface area contributed by atoms with E-state index >= 15 is 0 Å². The van der Waals surface area contributed by atoms with Gasteiger partial charge in [0.05, 0.1) is 13.7 Å². The summed E-state index contributed by atoms with van der Waals surface area (Å²) in [6.45, 7) is 9.03. The number of aryl methyl sites for hydroxylation is 1. The van der Waals surface area contributed by atoms with Crippen molar-refractivity contribution >= 4 is 5.97 Å². The van der Waals surface area contributed by atoms with Crippen LogP contribution in [0.1, 0.15) is 28.8 Å². The van der Waals surface area contributed by atoms with E-state index in [2.05, 4.69) is 16.2 Å². The Labute approximate surface area is 102 Å². The molecule has 0 radical (unpaired) electrons. The van der Waals surface area contributed by atoms with Crippen molar-refractivity contribution in [2.75, 3.05) is 20.7 Å². The normalized spacial score (nSPS) is 10.6. The molecule has 17 heavy (non-hydrogen) atoms. The lowest BCUT2D eigenvalue weighted by Gasteiger charge is -2.14. The highest BCUT2D eigenvalue weighted by atomic mass is 16.5. The largest absolute Gasteiger partial charge is 0.465 e. The summed E-state index contributed by atoms with van der Waals surface area (Å²) in [4.78, 5) is 13.5. The van der Waals surface area contributed by atoms with Gasteiger partial charge in [-0.3, -0.25) is 4.90 Å². The summed E-state index contributed by atoms with van der Waals surface area (Å²) in [7, 11) is 3.34. The first-order valence-electron chi connectivity index (χ1n) is 5.44. The Morgan fingerprint density at radius 1 is 1.59 bits per heavy atom. The Morgan fingerprint density at radius 3 is 2.76 bits per heavy atom. The monoisotopic (exact) mass is 237 g/mol. The second-order valence-corrected chi connectivity index (χ2v) is 4.30. The summed E-state index contributed by atoms with van der Waals surface area (Å²) in [6.07, 6.45) is 0. The number of hydrogen-bond donors (Lipinski definition) is 0. The number of esters is 1. The molecular weight excluding hydrogens is 218 g/mol. The van der Waals surface area contributed by atoms with E-state index < -0.39 is 0 Å². The maximum atomic E-state index is 11.4. The number of furan rings is 1. The van der Waals surface area contributed by atoms with Gasteiger partial charge >= 0.3 is 5.97 Å². The molecule has 0 aliphatic carbocycles. The molecule has 4 heteroatoms. The number of carbonyl (C=O) groups excluding carboxylic acids is 1. The van der Waals surface area contributed by atoms with Gasteiger partial charge < -0.3 is 9.15 Å². The van der Waals surface area contributed by atoms with Crippen LogP contribution in [0.3, 0.4) is 0 Å². The molecule has 0 amide bonds. The van der Waals surface area contributed by atoms with Crippen molar-refractivity contribution < 1.29 is 13.9 Å². The van der Waals surface area contributed by atoms with Gasteiger partial charge in [0.15, 0.2) is 0 Å². The highest BCUT2D eigenvalue weighted by Gasteiger charge is 2.15. The Morgan fingerprint density at radius 2 is 2.24 bits per heavy atom. The first-order chi connectivity index (χ1) is 7.93. The van der Waals surface area contributed by atoms with Gasteiger partial charge in [-0.25, -0.2) is 4.79 Å². The van der Waals surface area contributed by atoms with Crippen LogP contribution >= 0.6 is 0 Å². The molecule has 1 heterocycles. The molecule has 0 unspecified atom stereocenters. The molecule has 0 bridgehead atoms. The van der Waals surface area contributed by atoms with Crippen LogP contribution in [0.5, 0.6) is 0 Å². The highest BCUT2D eigenvalue weighted by molar-refractivity contribution is 5.90. The third-order valence-corrected chi connectivity index (χ3v) is 2.34. The highest BCUT2D eigenvalue weighted by Crippen LogP contribution is 2.17. The zero-order chi connectivity index (χ0) is 13.0. The summed E-state index contributed by atoms with van der Waals surface area (Å²) in [5.41, 5.74) is 1.58. The number of methoxy groups -OCH3 is 1. The Bertz CT molecular complexity index is 420. The molecule has 1 rings (SSSR count). The van der Waals surface area contributed by atoms with Crippen LogP contribution in [-0.2, 0) is 11.3 Å². The molecule has 0 N–H and O–H groups in total. The van der Waals surface area contributed by atoms with E-state index in [1.165, 1.54) is 7.11 Å². The summed E-state index contributed by atoms with van der Waals surface area (Å²) in [6, 6.07) is 1.73. The molecule has 0 saturated heterocycles. The SMILES string of the molecule is C=C(C)CN(C)Cc1cc(C(=O)OC)c(C)o1. The standard InChI is InChI=1S/C13H19NO3/c1-9(2)7-14(4)8-11-6-12(10(3)17-11)13(15)16-5/h6H,1,7-8H2,2-5H3. The van der Waals surface area contributed by atoms with Crippen molar-refractivity contribution in [2.45, 2.75) is 20.4 Å². The second-order valence-electron chi connectivity index (χ2n) is 4.30. The van der Waals surface area contributed by atoms with Crippen LogP contribution in [0, 0.1) is 6.92 Å². The molecule has 1 aromatic rings. The predicted molar refractivity (Wildman–Crippen MR) is 65.9 cm³/mol. The number of likely N-dealkylation sites (N-methyl/N-ethyl adjacent to an activating group) is 1. The number of ether oxygens (including phenoxy) is 1. The zero-order valence-electron chi connectivity index (χ0n) is 10.9. The van der Waals surface area contributed by atoms with Gasteiger partial charge in [-0.15, -0.1) is 0 Å². The van der Waals surface area contributed by atoms with Gasteiger partial charge in [0.25, 0.3) is 0 Å². The molecule has 0 fully saturated rings. The number of nitrogens with zero attached hydrogens (tertiary/aromatic N) is 1. The van der Waals surface area contributed by atoms with Crippen LogP contribution in [0.4, 0.5) is 0 Å². The Balaban J connectivity index is 2.73. The molecule has 94 valence electrons. The van der Waals surface area contributed by atoms with Crippen LogP contribution < -0.4 is 0 Å². The van der Waals surface area contributed by atoms with E-state index in [9.17, 15) is 4.79 Å². The molecule has 0 atom stereocenters. The van der Waals surface area contributed by atoms with Crippen LogP contribution in [0.15, 0.2) is 22.6 Å². The summed E-state index contributed by atoms with van der Waals surface area (Å²) < 4.78 is 10.2. The zero-order valence-corrected chi connectivity index (χ0v) is 10.9. The van der Waals surface area contributed by atoms with Crippen molar-refractivity contribution in [3.8, 4) is 0 Å². The predicted octanol–water partition coefficient (Wildman–Crippen LogP) is 2.38. The minimum atomic E-state index is -0.361. The fourth-order valence-electron chi connectivity index (χ4n) is 1.72. The Kier molecular flexibility index (Phi) is 4.52. The third kappa shape index (κ3) is 3.75. The van der Waals surface area contributed by atoms with Gasteiger partial charge in [0, 0.05) is 6.54 Å². The average molecular weight is 237 g/mol. The molecule has 1 aromatic heterocycles. The van der Waals surface area contributed by atoms with Crippen molar-refractivity contribution in [3.63, 3.8) is 0 Å². The molecule has 0 saturated carbocycles. The van der Waals surface area contributed by atoms with Gasteiger partial charge in [-0.05, 0) is 27.0 Å². The van der Waals surface area contributed by atoms with Crippen LogP contribution in [0.25, 0.3) is 0 Å². The maximum absolute atomic E-state index is 11.4. The molecule has 0 aliphatic heterocycles. The van der Waals surface area contributed by atoms with Gasteiger partial charge in [-0.1, -0.05) is 12.2 Å².